The summed E-state index contributed by atoms with van der Waals surface area (Å²) in [5, 5.41) is 8.85. The first kappa shape index (κ1) is 19.1. The number of fused-ring (bicyclic) bond motifs is 1. The molecule has 142 valence electrons. The van der Waals surface area contributed by atoms with Gasteiger partial charge in [0.15, 0.2) is 0 Å². The van der Waals surface area contributed by atoms with Crippen molar-refractivity contribution in [2.75, 3.05) is 7.11 Å². The van der Waals surface area contributed by atoms with E-state index in [1.54, 1.807) is 17.7 Å². The van der Waals surface area contributed by atoms with Gasteiger partial charge < -0.3 is 9.30 Å². The molecular formula is C19H13F3N4O2. The molecule has 0 bridgehead atoms. The summed E-state index contributed by atoms with van der Waals surface area (Å²) in [6, 6.07) is 5.14. The van der Waals surface area contributed by atoms with E-state index in [9.17, 15) is 18.0 Å². The number of nitrogens with zero attached hydrogens (tertiary/aromatic N) is 4. The van der Waals surface area contributed by atoms with Crippen molar-refractivity contribution in [3.63, 3.8) is 0 Å². The van der Waals surface area contributed by atoms with Crippen LogP contribution in [0.1, 0.15) is 21.5 Å². The highest BCUT2D eigenvalue weighted by Gasteiger charge is 2.34. The maximum absolute atomic E-state index is 13.5. The predicted octanol–water partition coefficient (Wildman–Crippen LogP) is 3.98. The van der Waals surface area contributed by atoms with Gasteiger partial charge in [-0.1, -0.05) is 0 Å². The molecular weight excluding hydrogens is 373 g/mol. The first-order valence-corrected chi connectivity index (χ1v) is 7.93. The lowest BCUT2D eigenvalue weighted by molar-refractivity contribution is -0.137. The topological polar surface area (TPSA) is 80.8 Å². The van der Waals surface area contributed by atoms with Crippen molar-refractivity contribution in [2.24, 2.45) is 7.05 Å². The van der Waals surface area contributed by atoms with Gasteiger partial charge in [-0.05, 0) is 29.8 Å². The van der Waals surface area contributed by atoms with Gasteiger partial charge in [0, 0.05) is 18.5 Å². The monoisotopic (exact) mass is 386 g/mol. The molecule has 0 aliphatic rings. The molecule has 0 aliphatic heterocycles. The molecule has 0 saturated carbocycles. The van der Waals surface area contributed by atoms with Gasteiger partial charge in [0.2, 0.25) is 0 Å². The number of esters is 1. The molecule has 3 rings (SSSR count). The number of alkyl halides is 3. The molecule has 0 atom stereocenters. The molecule has 0 N–H and O–H groups in total. The lowest BCUT2D eigenvalue weighted by Gasteiger charge is -2.14. The number of hydrogen-bond donors (Lipinski definition) is 0. The number of carbonyl (C=O) groups excluding carboxylic acids is 1. The molecule has 1 aromatic carbocycles. The van der Waals surface area contributed by atoms with Crippen molar-refractivity contribution in [1.82, 2.24) is 14.5 Å². The van der Waals surface area contributed by atoms with E-state index in [1.165, 1.54) is 31.8 Å². The zero-order chi connectivity index (χ0) is 20.5. The van der Waals surface area contributed by atoms with Crippen molar-refractivity contribution < 1.29 is 22.7 Å². The van der Waals surface area contributed by atoms with Crippen LogP contribution in [-0.4, -0.2) is 27.6 Å². The van der Waals surface area contributed by atoms with Gasteiger partial charge in [0.05, 0.1) is 53.7 Å². The number of hydrogen-bond acceptors (Lipinski definition) is 5. The van der Waals surface area contributed by atoms with Gasteiger partial charge >= 0.3 is 12.1 Å². The lowest BCUT2D eigenvalue weighted by Crippen LogP contribution is -2.10. The van der Waals surface area contributed by atoms with Crippen LogP contribution in [0.25, 0.3) is 28.4 Å². The van der Waals surface area contributed by atoms with E-state index in [0.717, 1.165) is 18.2 Å². The highest BCUT2D eigenvalue weighted by Crippen LogP contribution is 2.36. The Morgan fingerprint density at radius 2 is 2.07 bits per heavy atom. The van der Waals surface area contributed by atoms with Crippen molar-refractivity contribution in [3.8, 4) is 17.5 Å². The number of aromatic nitrogens is 3. The number of ether oxygens (including phenoxy) is 1. The quantitative estimate of drug-likeness (QED) is 0.502. The minimum absolute atomic E-state index is 0.0273. The fourth-order valence-corrected chi connectivity index (χ4v) is 2.81. The summed E-state index contributed by atoms with van der Waals surface area (Å²) in [6.07, 6.45) is 0.308. The van der Waals surface area contributed by atoms with Crippen LogP contribution in [0.5, 0.6) is 0 Å². The minimum atomic E-state index is -4.67. The molecule has 0 radical (unpaired) electrons. The number of aryl methyl sites for hydroxylation is 1. The third kappa shape index (κ3) is 3.44. The Balaban J connectivity index is 2.39. The zero-order valence-corrected chi connectivity index (χ0v) is 14.8. The largest absolute Gasteiger partial charge is 0.465 e. The molecule has 3 aromatic rings. The highest BCUT2D eigenvalue weighted by molar-refractivity contribution is 6.05. The van der Waals surface area contributed by atoms with Crippen molar-refractivity contribution in [1.29, 1.82) is 5.26 Å². The molecule has 0 fully saturated rings. The van der Waals surface area contributed by atoms with Crippen LogP contribution in [-0.2, 0) is 18.0 Å². The third-order valence-corrected chi connectivity index (χ3v) is 4.11. The van der Waals surface area contributed by atoms with E-state index in [0.29, 0.717) is 5.69 Å². The van der Waals surface area contributed by atoms with Gasteiger partial charge in [0.1, 0.15) is 0 Å². The number of methoxy groups -OCH3 is 1. The van der Waals surface area contributed by atoms with E-state index in [-0.39, 0.29) is 27.7 Å². The van der Waals surface area contributed by atoms with Crippen LogP contribution in [0.3, 0.4) is 0 Å². The Hall–Kier alpha value is -3.67. The van der Waals surface area contributed by atoms with Crippen LogP contribution in [0, 0.1) is 11.3 Å². The number of halogens is 3. The Morgan fingerprint density at radius 3 is 2.64 bits per heavy atom. The summed E-state index contributed by atoms with van der Waals surface area (Å²) in [4.78, 5) is 20.5. The molecule has 0 saturated heterocycles. The third-order valence-electron chi connectivity index (χ3n) is 4.11. The standard InChI is InChI=1S/C19H13F3N4O2/c1-26-10-24-9-17(26)16-7-13(18(27)28-2)12-6-11(4-3-5-23)14(19(20,21)22)8-15(12)25-16/h3-4,6-10H,1-2H3/b4-3+. The van der Waals surface area contributed by atoms with Crippen molar-refractivity contribution in [2.45, 2.75) is 6.18 Å². The van der Waals surface area contributed by atoms with Gasteiger partial charge in [0.25, 0.3) is 0 Å². The molecule has 0 aliphatic carbocycles. The Morgan fingerprint density at radius 1 is 1.32 bits per heavy atom. The maximum atomic E-state index is 13.5. The van der Waals surface area contributed by atoms with Crippen LogP contribution in [0.2, 0.25) is 0 Å². The molecule has 28 heavy (non-hydrogen) atoms. The number of pyridine rings is 1. The highest BCUT2D eigenvalue weighted by atomic mass is 19.4. The van der Waals surface area contributed by atoms with Crippen LogP contribution < -0.4 is 0 Å². The van der Waals surface area contributed by atoms with Crippen LogP contribution >= 0.6 is 0 Å². The number of benzene rings is 1. The van der Waals surface area contributed by atoms with E-state index in [4.69, 9.17) is 10.00 Å². The molecule has 2 aromatic heterocycles. The summed E-state index contributed by atoms with van der Waals surface area (Å²) in [5.74, 6) is -0.717. The number of allylic oxidation sites excluding steroid dienone is 1. The summed E-state index contributed by atoms with van der Waals surface area (Å²) in [5.41, 5.74) is -0.376. The van der Waals surface area contributed by atoms with E-state index >= 15 is 0 Å². The summed E-state index contributed by atoms with van der Waals surface area (Å²) in [6.45, 7) is 0. The van der Waals surface area contributed by atoms with Gasteiger partial charge in [-0.25, -0.2) is 14.8 Å². The molecule has 0 unspecified atom stereocenters. The number of imidazole rings is 1. The first-order valence-electron chi connectivity index (χ1n) is 7.93. The molecule has 2 heterocycles. The van der Waals surface area contributed by atoms with E-state index in [1.807, 2.05) is 0 Å². The fourth-order valence-electron chi connectivity index (χ4n) is 2.81. The van der Waals surface area contributed by atoms with Gasteiger partial charge in [-0.3, -0.25) is 0 Å². The SMILES string of the molecule is COC(=O)c1cc(-c2cncn2C)nc2cc(C(F)(F)F)c(/C=C/C#N)cc12. The van der Waals surface area contributed by atoms with Crippen LogP contribution in [0.15, 0.2) is 36.8 Å². The van der Waals surface area contributed by atoms with Gasteiger partial charge in [-0.2, -0.15) is 18.4 Å². The predicted molar refractivity (Wildman–Crippen MR) is 94.9 cm³/mol. The second kappa shape index (κ2) is 7.15. The van der Waals surface area contributed by atoms with E-state index < -0.39 is 17.7 Å². The van der Waals surface area contributed by atoms with Gasteiger partial charge in [-0.15, -0.1) is 0 Å². The molecule has 6 nitrogen and oxygen atoms in total. The Labute approximate surface area is 157 Å². The average molecular weight is 386 g/mol. The second-order valence-corrected chi connectivity index (χ2v) is 5.85. The van der Waals surface area contributed by atoms with Crippen molar-refractivity contribution >= 4 is 22.9 Å². The molecule has 0 amide bonds. The van der Waals surface area contributed by atoms with E-state index in [2.05, 4.69) is 9.97 Å². The normalized spacial score (nSPS) is 11.7. The zero-order valence-electron chi connectivity index (χ0n) is 14.8. The molecule has 0 spiro atoms. The lowest BCUT2D eigenvalue weighted by atomic mass is 9.99. The maximum Gasteiger partial charge on any atom is 0.417 e. The fraction of sp³-hybridized carbons (Fsp3) is 0.158. The summed E-state index contributed by atoms with van der Waals surface area (Å²) < 4.78 is 47.0. The summed E-state index contributed by atoms with van der Waals surface area (Å²) in [7, 11) is 2.88. The summed E-state index contributed by atoms with van der Waals surface area (Å²) >= 11 is 0. The number of rotatable bonds is 3. The minimum Gasteiger partial charge on any atom is -0.465 e. The first-order chi connectivity index (χ1) is 13.3. The smallest absolute Gasteiger partial charge is 0.417 e. The Kier molecular flexibility index (Phi) is 4.88. The second-order valence-electron chi connectivity index (χ2n) is 5.85. The number of nitriles is 1. The average Bonchev–Trinajstić information content (AvgIpc) is 3.09. The number of carbonyl (C=O) groups is 1. The Bertz CT molecular complexity index is 1140. The van der Waals surface area contributed by atoms with Crippen molar-refractivity contribution in [3.05, 3.63) is 53.5 Å². The van der Waals surface area contributed by atoms with Crippen LogP contribution in [0.4, 0.5) is 13.2 Å². The molecule has 9 heteroatoms.